The number of H-pyrrole nitrogens is 1. The van der Waals surface area contributed by atoms with Gasteiger partial charge < -0.3 is 15.6 Å². The Morgan fingerprint density at radius 3 is 2.87 bits per heavy atom. The number of pyridine rings is 1. The van der Waals surface area contributed by atoms with Crippen LogP contribution in [0.1, 0.15) is 5.69 Å². The Kier molecular flexibility index (Phi) is 4.42. The van der Waals surface area contributed by atoms with Crippen molar-refractivity contribution >= 4 is 34.3 Å². The lowest BCUT2D eigenvalue weighted by atomic mass is 10.2. The predicted molar refractivity (Wildman–Crippen MR) is 88.2 cm³/mol. The highest BCUT2D eigenvalue weighted by Gasteiger charge is 2.09. The van der Waals surface area contributed by atoms with E-state index in [0.717, 1.165) is 17.1 Å². The number of imidazole rings is 1. The van der Waals surface area contributed by atoms with E-state index >= 15 is 0 Å². The van der Waals surface area contributed by atoms with Crippen LogP contribution in [0.5, 0.6) is 0 Å². The van der Waals surface area contributed by atoms with E-state index in [2.05, 4.69) is 25.6 Å². The molecule has 5 nitrogen and oxygen atoms in total. The van der Waals surface area contributed by atoms with Crippen molar-refractivity contribution in [1.82, 2.24) is 20.3 Å². The number of fused-ring (bicyclic) bond motifs is 1. The van der Waals surface area contributed by atoms with Gasteiger partial charge in [-0.15, -0.1) is 0 Å². The maximum atomic E-state index is 13.5. The molecule has 118 valence electrons. The standard InChI is InChI=1S/C15H13F2N5S/c16-9-5-7-18-12(13(9)17)6-8-19-15(23)22-14-20-10-3-1-2-4-11(10)21-14/h1-5,7H,6,8H2,(H3,19,20,21,22,23). The minimum Gasteiger partial charge on any atom is -0.362 e. The van der Waals surface area contributed by atoms with Crippen LogP contribution in [0.4, 0.5) is 14.7 Å². The van der Waals surface area contributed by atoms with Gasteiger partial charge in [0.1, 0.15) is 0 Å². The van der Waals surface area contributed by atoms with Crippen molar-refractivity contribution in [3.63, 3.8) is 0 Å². The van der Waals surface area contributed by atoms with E-state index in [1.807, 2.05) is 24.3 Å². The lowest BCUT2D eigenvalue weighted by Crippen LogP contribution is -2.30. The van der Waals surface area contributed by atoms with Crippen molar-refractivity contribution in [3.8, 4) is 0 Å². The lowest BCUT2D eigenvalue weighted by molar-refractivity contribution is 0.491. The van der Waals surface area contributed by atoms with Gasteiger partial charge in [0.15, 0.2) is 16.7 Å². The first-order valence-electron chi connectivity index (χ1n) is 6.92. The highest BCUT2D eigenvalue weighted by Crippen LogP contribution is 2.13. The largest absolute Gasteiger partial charge is 0.362 e. The third kappa shape index (κ3) is 3.59. The van der Waals surface area contributed by atoms with E-state index < -0.39 is 11.6 Å². The zero-order valence-electron chi connectivity index (χ0n) is 11.9. The Bertz CT molecular complexity index is 816. The Hall–Kier alpha value is -2.61. The molecular weight excluding hydrogens is 320 g/mol. The number of thiocarbonyl (C=S) groups is 1. The van der Waals surface area contributed by atoms with Gasteiger partial charge in [0.2, 0.25) is 5.95 Å². The maximum Gasteiger partial charge on any atom is 0.207 e. The second kappa shape index (κ2) is 6.66. The van der Waals surface area contributed by atoms with Crippen molar-refractivity contribution in [2.75, 3.05) is 11.9 Å². The summed E-state index contributed by atoms with van der Waals surface area (Å²) in [6, 6.07) is 8.57. The highest BCUT2D eigenvalue weighted by molar-refractivity contribution is 7.80. The minimum atomic E-state index is -0.925. The molecule has 0 radical (unpaired) electrons. The first-order chi connectivity index (χ1) is 11.1. The van der Waals surface area contributed by atoms with E-state index in [1.165, 1.54) is 6.20 Å². The van der Waals surface area contributed by atoms with Crippen molar-refractivity contribution in [3.05, 3.63) is 53.9 Å². The molecular formula is C15H13F2N5S. The summed E-state index contributed by atoms with van der Waals surface area (Å²) in [7, 11) is 0. The summed E-state index contributed by atoms with van der Waals surface area (Å²) < 4.78 is 26.5. The molecule has 23 heavy (non-hydrogen) atoms. The Morgan fingerprint density at radius 2 is 2.04 bits per heavy atom. The number of nitrogens with one attached hydrogen (secondary N) is 3. The molecule has 2 heterocycles. The number of para-hydroxylation sites is 2. The predicted octanol–water partition coefficient (Wildman–Crippen LogP) is 2.77. The van der Waals surface area contributed by atoms with Crippen LogP contribution in [0.15, 0.2) is 36.5 Å². The lowest BCUT2D eigenvalue weighted by Gasteiger charge is -2.08. The fourth-order valence-electron chi connectivity index (χ4n) is 2.09. The average molecular weight is 333 g/mol. The number of benzene rings is 1. The summed E-state index contributed by atoms with van der Waals surface area (Å²) in [5, 5.41) is 6.15. The Morgan fingerprint density at radius 1 is 1.22 bits per heavy atom. The molecule has 0 saturated carbocycles. The molecule has 3 aromatic rings. The number of aromatic amines is 1. The first-order valence-corrected chi connectivity index (χ1v) is 7.33. The number of nitrogens with zero attached hydrogens (tertiary/aromatic N) is 2. The van der Waals surface area contributed by atoms with Gasteiger partial charge in [0.25, 0.3) is 0 Å². The van der Waals surface area contributed by atoms with Crippen LogP contribution < -0.4 is 10.6 Å². The van der Waals surface area contributed by atoms with E-state index in [1.54, 1.807) is 0 Å². The number of hydrogen-bond donors (Lipinski definition) is 3. The molecule has 0 aliphatic carbocycles. The summed E-state index contributed by atoms with van der Waals surface area (Å²) in [6.07, 6.45) is 1.45. The Labute approximate surface area is 136 Å². The highest BCUT2D eigenvalue weighted by atomic mass is 32.1. The summed E-state index contributed by atoms with van der Waals surface area (Å²) in [6.45, 7) is 0.319. The number of halogens is 2. The average Bonchev–Trinajstić information content (AvgIpc) is 2.93. The molecule has 0 bridgehead atoms. The number of rotatable bonds is 4. The van der Waals surface area contributed by atoms with Crippen molar-refractivity contribution in [1.29, 1.82) is 0 Å². The fourth-order valence-corrected chi connectivity index (χ4v) is 2.29. The van der Waals surface area contributed by atoms with Crippen LogP contribution in [-0.4, -0.2) is 26.6 Å². The van der Waals surface area contributed by atoms with E-state index in [9.17, 15) is 8.78 Å². The third-order valence-corrected chi connectivity index (χ3v) is 3.43. The smallest absolute Gasteiger partial charge is 0.207 e. The zero-order chi connectivity index (χ0) is 16.2. The summed E-state index contributed by atoms with van der Waals surface area (Å²) in [5.74, 6) is -1.32. The third-order valence-electron chi connectivity index (χ3n) is 3.18. The van der Waals surface area contributed by atoms with Gasteiger partial charge in [-0.2, -0.15) is 0 Å². The van der Waals surface area contributed by atoms with Gasteiger partial charge >= 0.3 is 0 Å². The van der Waals surface area contributed by atoms with Crippen molar-refractivity contribution < 1.29 is 8.78 Å². The van der Waals surface area contributed by atoms with Crippen LogP contribution >= 0.6 is 12.2 Å². The van der Waals surface area contributed by atoms with Gasteiger partial charge in [0, 0.05) is 19.2 Å². The maximum absolute atomic E-state index is 13.5. The monoisotopic (exact) mass is 333 g/mol. The zero-order valence-corrected chi connectivity index (χ0v) is 12.8. The van der Waals surface area contributed by atoms with E-state index in [0.29, 0.717) is 17.6 Å². The molecule has 3 rings (SSSR count). The van der Waals surface area contributed by atoms with Gasteiger partial charge in [-0.05, 0) is 30.4 Å². The van der Waals surface area contributed by atoms with Gasteiger partial charge in [-0.1, -0.05) is 12.1 Å². The van der Waals surface area contributed by atoms with Crippen molar-refractivity contribution in [2.24, 2.45) is 0 Å². The molecule has 0 spiro atoms. The molecule has 0 atom stereocenters. The van der Waals surface area contributed by atoms with Crippen LogP contribution in [-0.2, 0) is 6.42 Å². The van der Waals surface area contributed by atoms with Crippen LogP contribution in [0, 0.1) is 11.6 Å². The van der Waals surface area contributed by atoms with E-state index in [-0.39, 0.29) is 12.1 Å². The molecule has 2 aromatic heterocycles. The summed E-state index contributed by atoms with van der Waals surface area (Å²) in [4.78, 5) is 11.2. The van der Waals surface area contributed by atoms with Gasteiger partial charge in [-0.3, -0.25) is 4.98 Å². The fraction of sp³-hybridized carbons (Fsp3) is 0.133. The first kappa shape index (κ1) is 15.3. The Balaban J connectivity index is 1.54. The van der Waals surface area contributed by atoms with Crippen molar-refractivity contribution in [2.45, 2.75) is 6.42 Å². The summed E-state index contributed by atoms with van der Waals surface area (Å²) >= 11 is 5.14. The summed E-state index contributed by atoms with van der Waals surface area (Å²) in [5.41, 5.74) is 1.77. The SMILES string of the molecule is Fc1ccnc(CCNC(=S)Nc2nc3ccccc3[nH]2)c1F. The molecule has 0 saturated heterocycles. The van der Waals surface area contributed by atoms with Crippen LogP contribution in [0.3, 0.4) is 0 Å². The topological polar surface area (TPSA) is 65.6 Å². The van der Waals surface area contributed by atoms with Crippen LogP contribution in [0.25, 0.3) is 11.0 Å². The second-order valence-corrected chi connectivity index (χ2v) is 5.20. The van der Waals surface area contributed by atoms with Gasteiger partial charge in [0.05, 0.1) is 16.7 Å². The second-order valence-electron chi connectivity index (χ2n) is 4.79. The quantitative estimate of drug-likeness (QED) is 0.641. The number of anilines is 1. The molecule has 8 heteroatoms. The number of aromatic nitrogens is 3. The van der Waals surface area contributed by atoms with E-state index in [4.69, 9.17) is 12.2 Å². The molecule has 1 aromatic carbocycles. The molecule has 3 N–H and O–H groups in total. The normalized spacial score (nSPS) is 10.7. The minimum absolute atomic E-state index is 0.0593. The molecule has 0 aliphatic rings. The molecule has 0 amide bonds. The molecule has 0 fully saturated rings. The molecule has 0 unspecified atom stereocenters. The molecule has 0 aliphatic heterocycles. The van der Waals surface area contributed by atoms with Crippen LogP contribution in [0.2, 0.25) is 0 Å². The van der Waals surface area contributed by atoms with Gasteiger partial charge in [-0.25, -0.2) is 13.8 Å². The number of hydrogen-bond acceptors (Lipinski definition) is 3.